The predicted molar refractivity (Wildman–Crippen MR) is 106 cm³/mol. The number of halogens is 1. The number of anilines is 1. The molecule has 3 aromatic rings. The van der Waals surface area contributed by atoms with Crippen LogP contribution in [0.1, 0.15) is 42.6 Å². The number of carbonyl (C=O) groups excluding carboxylic acids is 1. The van der Waals surface area contributed by atoms with Gasteiger partial charge in [-0.3, -0.25) is 4.79 Å². The fourth-order valence-electron chi connectivity index (χ4n) is 3.31. The van der Waals surface area contributed by atoms with Gasteiger partial charge in [0.05, 0.1) is 22.5 Å². The summed E-state index contributed by atoms with van der Waals surface area (Å²) < 4.78 is 2.23. The number of hydrogen-bond donors (Lipinski definition) is 2. The van der Waals surface area contributed by atoms with Crippen molar-refractivity contribution in [2.45, 2.75) is 32.1 Å². The molecule has 2 N–H and O–H groups in total. The van der Waals surface area contributed by atoms with Gasteiger partial charge >= 0.3 is 5.82 Å². The molecule has 7 heteroatoms. The van der Waals surface area contributed by atoms with Crippen LogP contribution in [0.15, 0.2) is 35.7 Å². The molecule has 0 aliphatic heterocycles. The van der Waals surface area contributed by atoms with E-state index < -0.39 is 0 Å². The summed E-state index contributed by atoms with van der Waals surface area (Å²) >= 11 is 7.45. The monoisotopic (exact) mass is 387 g/mol. The number of rotatable bonds is 4. The third-order valence-corrected chi connectivity index (χ3v) is 5.89. The molecule has 1 amide bonds. The second-order valence-electron chi connectivity index (χ2n) is 6.55. The van der Waals surface area contributed by atoms with E-state index in [0.29, 0.717) is 21.6 Å². The molecular weight excluding hydrogens is 368 g/mol. The van der Waals surface area contributed by atoms with Crippen molar-refractivity contribution in [2.24, 2.45) is 5.92 Å². The molecule has 0 unspecified atom stereocenters. The van der Waals surface area contributed by atoms with Gasteiger partial charge < -0.3 is 5.32 Å². The summed E-state index contributed by atoms with van der Waals surface area (Å²) in [5.41, 5.74) is 1.97. The number of nitrogens with one attached hydrogen (secondary N) is 2. The Morgan fingerprint density at radius 3 is 2.81 bits per heavy atom. The number of aromatic nitrogens is 2. The number of fused-ring (bicyclic) bond motifs is 1. The average molecular weight is 388 g/mol. The van der Waals surface area contributed by atoms with Gasteiger partial charge in [0.2, 0.25) is 0 Å². The highest BCUT2D eigenvalue weighted by molar-refractivity contribution is 7.15. The Bertz CT molecular complexity index is 956. The highest BCUT2D eigenvalue weighted by Crippen LogP contribution is 2.28. The van der Waals surface area contributed by atoms with E-state index in [2.05, 4.69) is 21.6 Å². The van der Waals surface area contributed by atoms with Crippen molar-refractivity contribution in [1.29, 1.82) is 0 Å². The van der Waals surface area contributed by atoms with Crippen LogP contribution in [0.4, 0.5) is 11.5 Å². The van der Waals surface area contributed by atoms with Gasteiger partial charge in [-0.2, -0.15) is 0 Å². The van der Waals surface area contributed by atoms with Crippen LogP contribution in [0.3, 0.4) is 0 Å². The maximum Gasteiger partial charge on any atom is 0.346 e. The Morgan fingerprint density at radius 2 is 2.04 bits per heavy atom. The first-order chi connectivity index (χ1) is 12.7. The molecule has 5 nitrogen and oxygen atoms in total. The van der Waals surface area contributed by atoms with Gasteiger partial charge in [-0.15, -0.1) is 15.9 Å². The SMILES string of the molecule is O=C(Nc1ccsc1Cl)c1ccc2ccc([NH+]=CC3CCCCC3)nn12. The van der Waals surface area contributed by atoms with E-state index in [9.17, 15) is 4.79 Å². The van der Waals surface area contributed by atoms with Gasteiger partial charge in [0, 0.05) is 12.0 Å². The topological polar surface area (TPSA) is 60.4 Å². The van der Waals surface area contributed by atoms with E-state index in [-0.39, 0.29) is 5.91 Å². The van der Waals surface area contributed by atoms with Crippen molar-refractivity contribution in [1.82, 2.24) is 9.61 Å². The van der Waals surface area contributed by atoms with Gasteiger partial charge in [-0.25, -0.2) is 4.99 Å². The van der Waals surface area contributed by atoms with Gasteiger partial charge in [-0.1, -0.05) is 30.9 Å². The summed E-state index contributed by atoms with van der Waals surface area (Å²) in [7, 11) is 0. The lowest BCUT2D eigenvalue weighted by molar-refractivity contribution is -0.357. The largest absolute Gasteiger partial charge is 0.346 e. The van der Waals surface area contributed by atoms with Crippen LogP contribution in [0, 0.1) is 5.92 Å². The van der Waals surface area contributed by atoms with Crippen molar-refractivity contribution >= 4 is 52.1 Å². The molecule has 0 radical (unpaired) electrons. The van der Waals surface area contributed by atoms with Crippen molar-refractivity contribution < 1.29 is 9.79 Å². The lowest BCUT2D eigenvalue weighted by Gasteiger charge is -2.15. The van der Waals surface area contributed by atoms with Crippen molar-refractivity contribution in [3.63, 3.8) is 0 Å². The second kappa shape index (κ2) is 7.60. The number of hydrogen-bond acceptors (Lipinski definition) is 3. The molecule has 0 saturated heterocycles. The zero-order valence-electron chi connectivity index (χ0n) is 14.2. The third-order valence-electron chi connectivity index (χ3n) is 4.72. The number of thiophene rings is 1. The first-order valence-electron chi connectivity index (χ1n) is 8.84. The molecule has 0 spiro atoms. The first kappa shape index (κ1) is 17.2. The summed E-state index contributed by atoms with van der Waals surface area (Å²) in [6.45, 7) is 0. The second-order valence-corrected chi connectivity index (χ2v) is 8.06. The maximum atomic E-state index is 12.6. The minimum atomic E-state index is -0.230. The molecule has 1 aliphatic rings. The minimum Gasteiger partial charge on any atom is -0.319 e. The summed E-state index contributed by atoms with van der Waals surface area (Å²) in [5, 5.41) is 9.26. The van der Waals surface area contributed by atoms with E-state index >= 15 is 0 Å². The standard InChI is InChI=1S/C19H19ClN4OS/c20-18-15(10-11-26-18)22-19(25)16-8-6-14-7-9-17(23-24(14)16)21-12-13-4-2-1-3-5-13/h6-13H,1-5H2,(H,22,25)/p+1. The summed E-state index contributed by atoms with van der Waals surface area (Å²) in [6.07, 6.45) is 8.53. The van der Waals surface area contributed by atoms with Crippen molar-refractivity contribution in [3.05, 3.63) is 45.7 Å². The molecule has 1 aliphatic carbocycles. The van der Waals surface area contributed by atoms with Crippen molar-refractivity contribution in [3.8, 4) is 0 Å². The van der Waals surface area contributed by atoms with Crippen LogP contribution >= 0.6 is 22.9 Å². The van der Waals surface area contributed by atoms with Crippen LogP contribution in [0.2, 0.25) is 4.34 Å². The zero-order valence-corrected chi connectivity index (χ0v) is 15.8. The molecular formula is C19H20ClN4OS+. The molecule has 0 bridgehead atoms. The fraction of sp³-hybridized carbons (Fsp3) is 0.316. The Kier molecular flexibility index (Phi) is 5.04. The smallest absolute Gasteiger partial charge is 0.319 e. The van der Waals surface area contributed by atoms with Crippen LogP contribution < -0.4 is 10.3 Å². The maximum absolute atomic E-state index is 12.6. The van der Waals surface area contributed by atoms with Gasteiger partial charge in [-0.05, 0) is 42.5 Å². The third kappa shape index (κ3) is 3.66. The highest BCUT2D eigenvalue weighted by Gasteiger charge is 2.18. The first-order valence-corrected chi connectivity index (χ1v) is 10.1. The Balaban J connectivity index is 1.57. The van der Waals surface area contributed by atoms with Crippen molar-refractivity contribution in [2.75, 3.05) is 5.32 Å². The Hall–Kier alpha value is -2.18. The van der Waals surface area contributed by atoms with E-state index in [1.54, 1.807) is 16.6 Å². The summed E-state index contributed by atoms with van der Waals surface area (Å²) in [5.74, 6) is 1.10. The molecule has 26 heavy (non-hydrogen) atoms. The van der Waals surface area contributed by atoms with Gasteiger partial charge in [0.15, 0.2) is 5.69 Å². The van der Waals surface area contributed by atoms with Crippen LogP contribution in [0.25, 0.3) is 5.52 Å². The van der Waals surface area contributed by atoms with Gasteiger partial charge in [0.1, 0.15) is 4.34 Å². The molecule has 0 aromatic carbocycles. The molecule has 1 saturated carbocycles. The Labute approximate surface area is 160 Å². The molecule has 0 atom stereocenters. The normalized spacial score (nSPS) is 15.7. The average Bonchev–Trinajstić information content (AvgIpc) is 3.27. The highest BCUT2D eigenvalue weighted by atomic mass is 35.5. The lowest BCUT2D eigenvalue weighted by atomic mass is 9.90. The van der Waals surface area contributed by atoms with Crippen LogP contribution in [0.5, 0.6) is 0 Å². The van der Waals surface area contributed by atoms with Gasteiger partial charge in [0.25, 0.3) is 5.91 Å². The molecule has 3 heterocycles. The lowest BCUT2D eigenvalue weighted by Crippen LogP contribution is -2.63. The molecule has 4 rings (SSSR count). The zero-order chi connectivity index (χ0) is 17.9. The quantitative estimate of drug-likeness (QED) is 0.671. The number of amides is 1. The van der Waals surface area contributed by atoms with E-state index in [1.807, 2.05) is 23.6 Å². The summed E-state index contributed by atoms with van der Waals surface area (Å²) in [4.78, 5) is 15.9. The van der Waals surface area contributed by atoms with Crippen LogP contribution in [-0.4, -0.2) is 21.7 Å². The Morgan fingerprint density at radius 1 is 1.23 bits per heavy atom. The summed E-state index contributed by atoms with van der Waals surface area (Å²) in [6, 6.07) is 9.34. The van der Waals surface area contributed by atoms with Crippen LogP contribution in [-0.2, 0) is 0 Å². The molecule has 1 fully saturated rings. The van der Waals surface area contributed by atoms with E-state index in [0.717, 1.165) is 11.3 Å². The minimum absolute atomic E-state index is 0.230. The fourth-order valence-corrected chi connectivity index (χ4v) is 4.14. The number of carbonyl (C=O) groups is 1. The van der Waals surface area contributed by atoms with E-state index in [1.165, 1.54) is 43.4 Å². The predicted octanol–water partition coefficient (Wildman–Crippen LogP) is 3.66. The number of nitrogens with zero attached hydrogens (tertiary/aromatic N) is 2. The molecule has 134 valence electrons. The van der Waals surface area contributed by atoms with E-state index in [4.69, 9.17) is 11.6 Å². The molecule has 3 aromatic heterocycles.